The van der Waals surface area contributed by atoms with Gasteiger partial charge in [0.1, 0.15) is 5.75 Å². The molecule has 0 unspecified atom stereocenters. The molecule has 1 aromatic heterocycles. The van der Waals surface area contributed by atoms with E-state index in [9.17, 15) is 26.3 Å². The molecule has 2 aliphatic heterocycles. The van der Waals surface area contributed by atoms with E-state index in [-0.39, 0.29) is 0 Å². The number of nitriles is 1. The van der Waals surface area contributed by atoms with Crippen molar-refractivity contribution in [2.24, 2.45) is 11.8 Å². The Labute approximate surface area is 218 Å². The summed E-state index contributed by atoms with van der Waals surface area (Å²) in [5.41, 5.74) is 1.92. The molecule has 0 saturated carbocycles. The van der Waals surface area contributed by atoms with Crippen molar-refractivity contribution in [2.45, 2.75) is 25.0 Å². The van der Waals surface area contributed by atoms with Gasteiger partial charge in [-0.2, -0.15) is 31.6 Å². The van der Waals surface area contributed by atoms with Crippen molar-refractivity contribution in [2.75, 3.05) is 26.3 Å². The number of fused-ring (bicyclic) bond motifs is 1. The van der Waals surface area contributed by atoms with Gasteiger partial charge >= 0.3 is 24.3 Å². The predicted molar refractivity (Wildman–Crippen MR) is 120 cm³/mol. The summed E-state index contributed by atoms with van der Waals surface area (Å²) in [6.07, 6.45) is -6.18. The van der Waals surface area contributed by atoms with Crippen LogP contribution in [0.4, 0.5) is 26.3 Å². The summed E-state index contributed by atoms with van der Waals surface area (Å²) in [5.74, 6) is -3.84. The summed E-state index contributed by atoms with van der Waals surface area (Å²) in [5, 5.41) is 23.2. The van der Waals surface area contributed by atoms with E-state index < -0.39 is 24.3 Å². The highest BCUT2D eigenvalue weighted by Gasteiger charge is 2.44. The third-order valence-corrected chi connectivity index (χ3v) is 5.58. The lowest BCUT2D eigenvalue weighted by Crippen LogP contribution is -2.26. The number of nitrogens with zero attached hydrogens (tertiary/aromatic N) is 3. The van der Waals surface area contributed by atoms with Crippen LogP contribution >= 0.6 is 0 Å². The minimum atomic E-state index is -5.08. The van der Waals surface area contributed by atoms with Crippen LogP contribution in [0.25, 0.3) is 0 Å². The average molecular weight is 563 g/mol. The Morgan fingerprint density at radius 1 is 1.05 bits per heavy atom. The molecule has 4 rings (SSSR count). The summed E-state index contributed by atoms with van der Waals surface area (Å²) in [7, 11) is 0. The van der Waals surface area contributed by atoms with Gasteiger partial charge in [0.05, 0.1) is 31.0 Å². The van der Waals surface area contributed by atoms with E-state index >= 15 is 0 Å². The Kier molecular flexibility index (Phi) is 11.1. The van der Waals surface area contributed by atoms with Crippen LogP contribution in [0.15, 0.2) is 48.8 Å². The lowest BCUT2D eigenvalue weighted by molar-refractivity contribution is -0.193. The van der Waals surface area contributed by atoms with Crippen molar-refractivity contribution in [3.8, 4) is 11.8 Å². The van der Waals surface area contributed by atoms with Crippen LogP contribution in [-0.2, 0) is 20.9 Å². The van der Waals surface area contributed by atoms with Gasteiger partial charge in [-0.3, -0.25) is 9.88 Å². The third kappa shape index (κ3) is 10.4. The van der Waals surface area contributed by atoms with Crippen molar-refractivity contribution >= 4 is 11.9 Å². The highest BCUT2D eigenvalue weighted by Crippen LogP contribution is 2.34. The van der Waals surface area contributed by atoms with Crippen LogP contribution in [0.5, 0.6) is 5.75 Å². The Balaban J connectivity index is 0.000000317. The molecule has 0 radical (unpaired) electrons. The molecule has 9 nitrogen and oxygen atoms in total. The zero-order chi connectivity index (χ0) is 29.2. The Hall–Kier alpha value is -3.90. The molecule has 3 atom stereocenters. The minimum Gasteiger partial charge on any atom is -0.493 e. The monoisotopic (exact) mass is 563 g/mol. The van der Waals surface area contributed by atoms with Gasteiger partial charge < -0.3 is 19.7 Å². The number of carbonyl (C=O) groups is 2. The first-order valence-corrected chi connectivity index (χ1v) is 11.2. The summed E-state index contributed by atoms with van der Waals surface area (Å²) >= 11 is 0. The van der Waals surface area contributed by atoms with E-state index in [4.69, 9.17) is 34.5 Å². The number of alkyl halides is 6. The van der Waals surface area contributed by atoms with Crippen molar-refractivity contribution < 1.29 is 55.6 Å². The summed E-state index contributed by atoms with van der Waals surface area (Å²) in [6.45, 7) is 4.36. The number of aliphatic carboxylic acids is 2. The predicted octanol–water partition coefficient (Wildman–Crippen LogP) is 3.75. The van der Waals surface area contributed by atoms with Gasteiger partial charge in [0, 0.05) is 43.9 Å². The van der Waals surface area contributed by atoms with Gasteiger partial charge in [-0.1, -0.05) is 6.07 Å². The maximum absolute atomic E-state index is 10.6. The maximum atomic E-state index is 10.6. The summed E-state index contributed by atoms with van der Waals surface area (Å²) < 4.78 is 75.4. The second-order valence-corrected chi connectivity index (χ2v) is 8.40. The zero-order valence-corrected chi connectivity index (χ0v) is 20.0. The lowest BCUT2D eigenvalue weighted by atomic mass is 9.94. The van der Waals surface area contributed by atoms with E-state index in [1.807, 2.05) is 24.5 Å². The van der Waals surface area contributed by atoms with Crippen LogP contribution < -0.4 is 4.74 Å². The molecule has 15 heteroatoms. The number of rotatable bonds is 5. The number of ether oxygens (including phenoxy) is 2. The molecule has 3 heterocycles. The minimum absolute atomic E-state index is 0.306. The smallest absolute Gasteiger partial charge is 0.490 e. The maximum Gasteiger partial charge on any atom is 0.490 e. The molecule has 0 aliphatic carbocycles. The summed E-state index contributed by atoms with van der Waals surface area (Å²) in [4.78, 5) is 24.3. The second-order valence-electron chi connectivity index (χ2n) is 8.40. The molecule has 212 valence electrons. The Morgan fingerprint density at radius 3 is 2.18 bits per heavy atom. The average Bonchev–Trinajstić information content (AvgIpc) is 3.43. The molecule has 2 aliphatic rings. The molecule has 39 heavy (non-hydrogen) atoms. The molecule has 0 spiro atoms. The lowest BCUT2D eigenvalue weighted by Gasteiger charge is -2.20. The number of hydrogen-bond acceptors (Lipinski definition) is 7. The Bertz CT molecular complexity index is 1120. The van der Waals surface area contributed by atoms with Gasteiger partial charge in [-0.25, -0.2) is 9.59 Å². The van der Waals surface area contributed by atoms with Crippen LogP contribution in [0.2, 0.25) is 0 Å². The molecule has 1 aromatic carbocycles. The fourth-order valence-electron chi connectivity index (χ4n) is 3.79. The molecule has 2 saturated heterocycles. The summed E-state index contributed by atoms with van der Waals surface area (Å²) in [6, 6.07) is 13.6. The first kappa shape index (κ1) is 31.3. The van der Waals surface area contributed by atoms with Crippen LogP contribution in [0.3, 0.4) is 0 Å². The largest absolute Gasteiger partial charge is 0.493 e. The highest BCUT2D eigenvalue weighted by atomic mass is 19.4. The number of pyridine rings is 1. The van der Waals surface area contributed by atoms with Crippen molar-refractivity contribution in [3.05, 3.63) is 59.9 Å². The van der Waals surface area contributed by atoms with Gasteiger partial charge in [-0.05, 0) is 35.9 Å². The number of halogens is 6. The van der Waals surface area contributed by atoms with Crippen LogP contribution in [0, 0.1) is 23.2 Å². The van der Waals surface area contributed by atoms with E-state index in [1.54, 1.807) is 12.1 Å². The molecule has 2 aromatic rings. The van der Waals surface area contributed by atoms with Gasteiger partial charge in [0.25, 0.3) is 0 Å². The van der Waals surface area contributed by atoms with Crippen LogP contribution in [-0.4, -0.2) is 76.8 Å². The SMILES string of the molecule is N#Cc1cccc(OC[C@H]2CO[C@@H]3CN(Cc4ccncc4)C[C@H]23)c1.O=C(O)C(F)(F)F.O=C(O)C(F)(F)F. The molecule has 0 bridgehead atoms. The number of carboxylic acid groups (broad SMARTS) is 2. The highest BCUT2D eigenvalue weighted by molar-refractivity contribution is 5.73. The normalized spacial score (nSPS) is 20.4. The van der Waals surface area contributed by atoms with Crippen molar-refractivity contribution in [1.29, 1.82) is 5.26 Å². The Morgan fingerprint density at radius 2 is 1.64 bits per heavy atom. The molecule has 0 amide bonds. The van der Waals surface area contributed by atoms with Crippen molar-refractivity contribution in [1.82, 2.24) is 9.88 Å². The first-order valence-electron chi connectivity index (χ1n) is 11.2. The quantitative estimate of drug-likeness (QED) is 0.522. The van der Waals surface area contributed by atoms with Crippen LogP contribution in [0.1, 0.15) is 11.1 Å². The number of hydrogen-bond donors (Lipinski definition) is 2. The van der Waals surface area contributed by atoms with E-state index in [2.05, 4.69) is 28.1 Å². The van der Waals surface area contributed by atoms with Gasteiger partial charge in [-0.15, -0.1) is 0 Å². The molecule has 2 N–H and O–H groups in total. The first-order chi connectivity index (χ1) is 18.2. The number of benzene rings is 1. The van der Waals surface area contributed by atoms with E-state index in [0.29, 0.717) is 30.1 Å². The van der Waals surface area contributed by atoms with Gasteiger partial charge in [0.15, 0.2) is 0 Å². The number of likely N-dealkylation sites (tertiary alicyclic amines) is 1. The van der Waals surface area contributed by atoms with Gasteiger partial charge in [0.2, 0.25) is 0 Å². The van der Waals surface area contributed by atoms with E-state index in [0.717, 1.165) is 32.0 Å². The third-order valence-electron chi connectivity index (χ3n) is 5.58. The molecule has 2 fully saturated rings. The fraction of sp³-hybridized carbons (Fsp3) is 0.417. The number of carboxylic acids is 2. The molecular weight excluding hydrogens is 540 g/mol. The topological polar surface area (TPSA) is 133 Å². The molecular formula is C24H23F6N3O6. The second kappa shape index (κ2) is 13.8. The van der Waals surface area contributed by atoms with E-state index in [1.165, 1.54) is 5.56 Å². The fourth-order valence-corrected chi connectivity index (χ4v) is 3.79. The van der Waals surface area contributed by atoms with Crippen molar-refractivity contribution in [3.63, 3.8) is 0 Å². The number of aromatic nitrogens is 1. The standard InChI is InChI=1S/C20H21N3O2.2C2HF3O2/c21-9-16-2-1-3-18(8-16)24-13-17-14-25-20-12-23(11-19(17)20)10-15-4-6-22-7-5-15;2*3-2(4,5)1(6)7/h1-8,17,19-20H,10-14H2;2*(H,6,7)/t17-,19+,20+;;/m0../s1. The zero-order valence-electron chi connectivity index (χ0n) is 20.0.